The first-order valence-electron chi connectivity index (χ1n) is 6.18. The molecule has 0 fully saturated rings. The van der Waals surface area contributed by atoms with Gasteiger partial charge in [0.1, 0.15) is 0 Å². The zero-order valence-corrected chi connectivity index (χ0v) is 11.3. The van der Waals surface area contributed by atoms with E-state index < -0.39 is 0 Å². The molecule has 0 radical (unpaired) electrons. The van der Waals surface area contributed by atoms with Crippen LogP contribution >= 0.6 is 0 Å². The highest BCUT2D eigenvalue weighted by Gasteiger charge is 2.21. The average Bonchev–Trinajstić information content (AvgIpc) is 2.32. The van der Waals surface area contributed by atoms with Crippen LogP contribution < -0.4 is 5.32 Å². The summed E-state index contributed by atoms with van der Waals surface area (Å²) < 4.78 is 0. The van der Waals surface area contributed by atoms with Gasteiger partial charge in [-0.2, -0.15) is 0 Å². The Balaban J connectivity index is 0.000000921. The summed E-state index contributed by atoms with van der Waals surface area (Å²) in [4.78, 5) is 0. The second-order valence-electron chi connectivity index (χ2n) is 4.37. The van der Waals surface area contributed by atoms with E-state index in [0.29, 0.717) is 5.41 Å². The van der Waals surface area contributed by atoms with E-state index in [4.69, 9.17) is 0 Å². The molecule has 0 atom stereocenters. The molecule has 0 amide bonds. The molecule has 1 nitrogen and oxygen atoms in total. The SMILES string of the molecule is CC.CCC(C)(C)C1=CC=C(NC)CC1. The molecule has 1 heteroatoms. The Morgan fingerprint density at radius 2 is 1.80 bits per heavy atom. The van der Waals surface area contributed by atoms with Crippen LogP contribution in [0.4, 0.5) is 0 Å². The molecule has 0 heterocycles. The molecule has 0 saturated heterocycles. The number of hydrogen-bond acceptors (Lipinski definition) is 1. The van der Waals surface area contributed by atoms with E-state index in [-0.39, 0.29) is 0 Å². The normalized spacial score (nSPS) is 15.9. The first-order chi connectivity index (χ1) is 7.10. The van der Waals surface area contributed by atoms with Gasteiger partial charge in [-0.05, 0) is 30.8 Å². The molecule has 0 aromatic heterocycles. The summed E-state index contributed by atoms with van der Waals surface area (Å²) in [6.45, 7) is 10.9. The molecule has 0 saturated carbocycles. The quantitative estimate of drug-likeness (QED) is 0.732. The maximum atomic E-state index is 3.21. The Morgan fingerprint density at radius 3 is 2.13 bits per heavy atom. The Hall–Kier alpha value is -0.720. The van der Waals surface area contributed by atoms with Gasteiger partial charge >= 0.3 is 0 Å². The van der Waals surface area contributed by atoms with Crippen molar-refractivity contribution in [2.45, 2.75) is 53.9 Å². The van der Waals surface area contributed by atoms with Gasteiger partial charge in [-0.15, -0.1) is 0 Å². The van der Waals surface area contributed by atoms with Crippen molar-refractivity contribution in [3.05, 3.63) is 23.4 Å². The zero-order valence-electron chi connectivity index (χ0n) is 11.3. The van der Waals surface area contributed by atoms with Crippen molar-refractivity contribution in [3.8, 4) is 0 Å². The Bertz CT molecular complexity index is 234. The van der Waals surface area contributed by atoms with E-state index >= 15 is 0 Å². The maximum absolute atomic E-state index is 3.21. The summed E-state index contributed by atoms with van der Waals surface area (Å²) in [6, 6.07) is 0. The van der Waals surface area contributed by atoms with Gasteiger partial charge < -0.3 is 5.32 Å². The fourth-order valence-corrected chi connectivity index (χ4v) is 1.64. The molecule has 0 unspecified atom stereocenters. The molecular weight excluding hydrogens is 182 g/mol. The minimum Gasteiger partial charge on any atom is -0.391 e. The summed E-state index contributed by atoms with van der Waals surface area (Å²) >= 11 is 0. The third kappa shape index (κ3) is 4.11. The highest BCUT2D eigenvalue weighted by Crippen LogP contribution is 2.35. The summed E-state index contributed by atoms with van der Waals surface area (Å²) in [5, 5.41) is 3.21. The molecule has 1 aliphatic carbocycles. The van der Waals surface area contributed by atoms with Crippen LogP contribution in [0, 0.1) is 5.41 Å². The lowest BCUT2D eigenvalue weighted by molar-refractivity contribution is 0.411. The van der Waals surface area contributed by atoms with Gasteiger partial charge in [0.05, 0.1) is 0 Å². The summed E-state index contributed by atoms with van der Waals surface area (Å²) in [5.41, 5.74) is 3.33. The topological polar surface area (TPSA) is 12.0 Å². The van der Waals surface area contributed by atoms with Crippen molar-refractivity contribution in [1.29, 1.82) is 0 Å². The van der Waals surface area contributed by atoms with E-state index in [1.165, 1.54) is 25.0 Å². The van der Waals surface area contributed by atoms with Crippen LogP contribution in [-0.4, -0.2) is 7.05 Å². The molecule has 1 N–H and O–H groups in total. The molecule has 1 rings (SSSR count). The second-order valence-corrected chi connectivity index (χ2v) is 4.37. The van der Waals surface area contributed by atoms with Crippen molar-refractivity contribution in [1.82, 2.24) is 5.32 Å². The summed E-state index contributed by atoms with van der Waals surface area (Å²) in [5.74, 6) is 0. The minimum atomic E-state index is 0.385. The van der Waals surface area contributed by atoms with Crippen molar-refractivity contribution < 1.29 is 0 Å². The van der Waals surface area contributed by atoms with Crippen LogP contribution in [0.2, 0.25) is 0 Å². The van der Waals surface area contributed by atoms with Gasteiger partial charge in [-0.25, -0.2) is 0 Å². The number of hydrogen-bond donors (Lipinski definition) is 1. The molecule has 88 valence electrons. The Morgan fingerprint density at radius 1 is 1.20 bits per heavy atom. The predicted molar refractivity (Wildman–Crippen MR) is 69.9 cm³/mol. The lowest BCUT2D eigenvalue weighted by Gasteiger charge is -2.29. The van der Waals surface area contributed by atoms with Crippen molar-refractivity contribution in [3.63, 3.8) is 0 Å². The lowest BCUT2D eigenvalue weighted by atomic mass is 9.78. The smallest absolute Gasteiger partial charge is 0.0107 e. The fourth-order valence-electron chi connectivity index (χ4n) is 1.64. The van der Waals surface area contributed by atoms with Crippen LogP contribution in [0.25, 0.3) is 0 Å². The second kappa shape index (κ2) is 6.71. The van der Waals surface area contributed by atoms with Crippen LogP contribution in [0.5, 0.6) is 0 Å². The molecule has 0 aromatic rings. The monoisotopic (exact) mass is 209 g/mol. The number of nitrogens with one attached hydrogen (secondary N) is 1. The Labute approximate surface area is 95.7 Å². The van der Waals surface area contributed by atoms with Crippen molar-refractivity contribution in [2.24, 2.45) is 5.41 Å². The standard InChI is InChI=1S/C12H21N.C2H6/c1-5-12(2,3)10-6-8-11(13-4)9-7-10;1-2/h6,8,13H,5,7,9H2,1-4H3;1-2H3. The predicted octanol–water partition coefficient (Wildman–Crippen LogP) is 4.27. The van der Waals surface area contributed by atoms with Crippen LogP contribution in [0.3, 0.4) is 0 Å². The first-order valence-corrected chi connectivity index (χ1v) is 6.18. The minimum absolute atomic E-state index is 0.385. The first kappa shape index (κ1) is 14.3. The Kier molecular flexibility index (Phi) is 6.38. The zero-order chi connectivity index (χ0) is 11.9. The van der Waals surface area contributed by atoms with E-state index in [9.17, 15) is 0 Å². The highest BCUT2D eigenvalue weighted by atomic mass is 14.8. The molecule has 0 bridgehead atoms. The number of allylic oxidation sites excluding steroid dienone is 4. The van der Waals surface area contributed by atoms with Gasteiger partial charge in [-0.1, -0.05) is 46.3 Å². The molecule has 15 heavy (non-hydrogen) atoms. The largest absolute Gasteiger partial charge is 0.391 e. The molecule has 0 spiro atoms. The molecular formula is C14H27N. The van der Waals surface area contributed by atoms with Gasteiger partial charge in [-0.3, -0.25) is 0 Å². The van der Waals surface area contributed by atoms with E-state index in [2.05, 4.69) is 38.2 Å². The van der Waals surface area contributed by atoms with Crippen LogP contribution in [-0.2, 0) is 0 Å². The third-order valence-corrected chi connectivity index (χ3v) is 3.22. The van der Waals surface area contributed by atoms with E-state index in [1.54, 1.807) is 5.57 Å². The summed E-state index contributed by atoms with van der Waals surface area (Å²) in [6.07, 6.45) is 8.12. The van der Waals surface area contributed by atoms with Crippen LogP contribution in [0.1, 0.15) is 53.9 Å². The highest BCUT2D eigenvalue weighted by molar-refractivity contribution is 5.26. The summed E-state index contributed by atoms with van der Waals surface area (Å²) in [7, 11) is 2.00. The van der Waals surface area contributed by atoms with Gasteiger partial charge in [0, 0.05) is 12.7 Å². The molecule has 0 aromatic carbocycles. The average molecular weight is 209 g/mol. The van der Waals surface area contributed by atoms with Gasteiger partial charge in [0.2, 0.25) is 0 Å². The number of rotatable bonds is 3. The van der Waals surface area contributed by atoms with Crippen molar-refractivity contribution in [2.75, 3.05) is 7.05 Å². The lowest BCUT2D eigenvalue weighted by Crippen LogP contribution is -2.17. The van der Waals surface area contributed by atoms with E-state index in [1.807, 2.05) is 20.9 Å². The third-order valence-electron chi connectivity index (χ3n) is 3.22. The van der Waals surface area contributed by atoms with E-state index in [0.717, 1.165) is 0 Å². The molecule has 1 aliphatic rings. The van der Waals surface area contributed by atoms with Gasteiger partial charge in [0.15, 0.2) is 0 Å². The maximum Gasteiger partial charge on any atom is 0.0107 e. The molecule has 0 aliphatic heterocycles. The van der Waals surface area contributed by atoms with Crippen LogP contribution in [0.15, 0.2) is 23.4 Å². The fraction of sp³-hybridized carbons (Fsp3) is 0.714. The van der Waals surface area contributed by atoms with Gasteiger partial charge in [0.25, 0.3) is 0 Å². The van der Waals surface area contributed by atoms with Crippen molar-refractivity contribution >= 4 is 0 Å².